The van der Waals surface area contributed by atoms with Crippen LogP contribution in [0.5, 0.6) is 0 Å². The van der Waals surface area contributed by atoms with E-state index >= 15 is 0 Å². The van der Waals surface area contributed by atoms with E-state index in [-0.39, 0.29) is 5.96 Å². The lowest BCUT2D eigenvalue weighted by Gasteiger charge is -2.18. The minimum absolute atomic E-state index is 0.286. The molecule has 6 heteroatoms. The molecular formula is C11H16N4OS. The normalized spacial score (nSPS) is 24.9. The van der Waals surface area contributed by atoms with Crippen LogP contribution >= 0.6 is 11.8 Å². The molecule has 0 spiro atoms. The highest BCUT2D eigenvalue weighted by Crippen LogP contribution is 2.27. The van der Waals surface area contributed by atoms with Crippen LogP contribution in [0.4, 0.5) is 5.82 Å². The van der Waals surface area contributed by atoms with E-state index in [9.17, 15) is 5.11 Å². The highest BCUT2D eigenvalue weighted by atomic mass is 32.2. The van der Waals surface area contributed by atoms with Gasteiger partial charge in [0.25, 0.3) is 0 Å². The summed E-state index contributed by atoms with van der Waals surface area (Å²) in [5.74, 6) is 2.66. The Labute approximate surface area is 105 Å². The van der Waals surface area contributed by atoms with E-state index in [1.165, 1.54) is 0 Å². The average molecular weight is 252 g/mol. The van der Waals surface area contributed by atoms with E-state index in [4.69, 9.17) is 5.73 Å². The Balaban J connectivity index is 1.89. The molecule has 1 fully saturated rings. The van der Waals surface area contributed by atoms with Crippen LogP contribution < -0.4 is 11.1 Å². The van der Waals surface area contributed by atoms with E-state index < -0.39 is 5.60 Å². The van der Waals surface area contributed by atoms with Gasteiger partial charge in [0, 0.05) is 11.9 Å². The minimum Gasteiger partial charge on any atom is -0.387 e. The van der Waals surface area contributed by atoms with Crippen molar-refractivity contribution >= 4 is 23.5 Å². The molecule has 5 nitrogen and oxygen atoms in total. The van der Waals surface area contributed by atoms with Gasteiger partial charge in [-0.2, -0.15) is 11.8 Å². The van der Waals surface area contributed by atoms with Crippen molar-refractivity contribution in [1.29, 1.82) is 0 Å². The highest BCUT2D eigenvalue weighted by molar-refractivity contribution is 7.99. The molecule has 2 rings (SSSR count). The standard InChI is InChI=1S/C11H16N4OS/c12-10(15-9-3-1-2-5-13-9)14-7-11(16)4-6-17-8-11/h1-3,5,16H,4,6-8H2,(H3,12,13,14,15). The first kappa shape index (κ1) is 12.2. The first-order chi connectivity index (χ1) is 8.18. The Morgan fingerprint density at radius 1 is 1.65 bits per heavy atom. The summed E-state index contributed by atoms with van der Waals surface area (Å²) in [6.45, 7) is 0.339. The van der Waals surface area contributed by atoms with Gasteiger partial charge in [-0.05, 0) is 24.3 Å². The Hall–Kier alpha value is -1.27. The van der Waals surface area contributed by atoms with Crippen molar-refractivity contribution in [3.8, 4) is 0 Å². The molecule has 1 unspecified atom stereocenters. The maximum absolute atomic E-state index is 10.1. The maximum Gasteiger partial charge on any atom is 0.194 e. The number of hydrogen-bond donors (Lipinski definition) is 3. The van der Waals surface area contributed by atoms with Crippen LogP contribution in [0.2, 0.25) is 0 Å². The number of hydrogen-bond acceptors (Lipinski definition) is 4. The quantitative estimate of drug-likeness (QED) is 0.544. The number of guanidine groups is 1. The fourth-order valence-corrected chi connectivity index (χ4v) is 2.85. The number of nitrogens with two attached hydrogens (primary N) is 1. The van der Waals surface area contributed by atoms with Crippen LogP contribution in [0.3, 0.4) is 0 Å². The lowest BCUT2D eigenvalue weighted by atomic mass is 10.1. The Morgan fingerprint density at radius 2 is 2.53 bits per heavy atom. The van der Waals surface area contributed by atoms with Gasteiger partial charge >= 0.3 is 0 Å². The zero-order valence-electron chi connectivity index (χ0n) is 9.47. The van der Waals surface area contributed by atoms with E-state index in [1.807, 2.05) is 18.2 Å². The van der Waals surface area contributed by atoms with Crippen molar-refractivity contribution in [2.75, 3.05) is 23.4 Å². The highest BCUT2D eigenvalue weighted by Gasteiger charge is 2.31. The number of nitrogens with one attached hydrogen (secondary N) is 1. The molecule has 4 N–H and O–H groups in total. The van der Waals surface area contributed by atoms with E-state index in [0.717, 1.165) is 17.9 Å². The van der Waals surface area contributed by atoms with Gasteiger partial charge in [-0.3, -0.25) is 4.99 Å². The van der Waals surface area contributed by atoms with Crippen molar-refractivity contribution < 1.29 is 5.11 Å². The number of aliphatic imine (C=N–C) groups is 1. The van der Waals surface area contributed by atoms with E-state index in [0.29, 0.717) is 12.4 Å². The second kappa shape index (κ2) is 5.37. The topological polar surface area (TPSA) is 83.5 Å². The molecule has 2 heterocycles. The van der Waals surface area contributed by atoms with Gasteiger partial charge < -0.3 is 16.2 Å². The third-order valence-corrected chi connectivity index (χ3v) is 3.78. The average Bonchev–Trinajstić information content (AvgIpc) is 2.76. The molecule has 1 aromatic rings. The largest absolute Gasteiger partial charge is 0.387 e. The predicted octanol–water partition coefficient (Wildman–Crippen LogP) is 0.676. The molecule has 1 aliphatic rings. The Morgan fingerprint density at radius 3 is 3.18 bits per heavy atom. The summed E-state index contributed by atoms with van der Waals surface area (Å²) >= 11 is 1.74. The summed E-state index contributed by atoms with van der Waals surface area (Å²) in [7, 11) is 0. The van der Waals surface area contributed by atoms with Crippen LogP contribution in [-0.4, -0.2) is 39.7 Å². The summed E-state index contributed by atoms with van der Waals surface area (Å²) < 4.78 is 0. The first-order valence-corrected chi connectivity index (χ1v) is 6.62. The molecular weight excluding hydrogens is 236 g/mol. The fourth-order valence-electron chi connectivity index (χ4n) is 1.56. The smallest absolute Gasteiger partial charge is 0.194 e. The molecule has 1 saturated heterocycles. The SMILES string of the molecule is NC(=NCC1(O)CCSC1)Nc1ccccn1. The molecule has 0 saturated carbocycles. The third kappa shape index (κ3) is 3.61. The number of aliphatic hydroxyl groups is 1. The zero-order chi connectivity index (χ0) is 12.1. The van der Waals surface area contributed by atoms with Crippen LogP contribution in [0, 0.1) is 0 Å². The molecule has 0 bridgehead atoms. The van der Waals surface area contributed by atoms with Crippen molar-refractivity contribution in [3.63, 3.8) is 0 Å². The van der Waals surface area contributed by atoms with Crippen LogP contribution in [0.15, 0.2) is 29.4 Å². The van der Waals surface area contributed by atoms with Crippen LogP contribution in [0.25, 0.3) is 0 Å². The van der Waals surface area contributed by atoms with Gasteiger partial charge in [0.05, 0.1) is 12.1 Å². The number of pyridine rings is 1. The molecule has 0 aromatic carbocycles. The van der Waals surface area contributed by atoms with Gasteiger partial charge in [0.2, 0.25) is 0 Å². The summed E-state index contributed by atoms with van der Waals surface area (Å²) in [5.41, 5.74) is 5.03. The predicted molar refractivity (Wildman–Crippen MR) is 71.2 cm³/mol. The molecule has 0 amide bonds. The number of nitrogens with zero attached hydrogens (tertiary/aromatic N) is 2. The lowest BCUT2D eigenvalue weighted by Crippen LogP contribution is -2.34. The van der Waals surface area contributed by atoms with Gasteiger partial charge in [-0.1, -0.05) is 6.07 Å². The Bertz CT molecular complexity index is 390. The third-order valence-electron chi connectivity index (χ3n) is 2.55. The molecule has 1 atom stereocenters. The summed E-state index contributed by atoms with van der Waals surface area (Å²) in [6, 6.07) is 5.50. The van der Waals surface area contributed by atoms with Gasteiger partial charge in [-0.25, -0.2) is 4.98 Å². The molecule has 17 heavy (non-hydrogen) atoms. The van der Waals surface area contributed by atoms with Crippen LogP contribution in [-0.2, 0) is 0 Å². The van der Waals surface area contributed by atoms with Crippen molar-refractivity contribution in [2.24, 2.45) is 10.7 Å². The van der Waals surface area contributed by atoms with Gasteiger partial charge in [-0.15, -0.1) is 0 Å². The minimum atomic E-state index is -0.693. The lowest BCUT2D eigenvalue weighted by molar-refractivity contribution is 0.0780. The fraction of sp³-hybridized carbons (Fsp3) is 0.455. The molecule has 0 radical (unpaired) electrons. The summed E-state index contributed by atoms with van der Waals surface area (Å²) in [6.07, 6.45) is 2.45. The van der Waals surface area contributed by atoms with Crippen molar-refractivity contribution in [3.05, 3.63) is 24.4 Å². The van der Waals surface area contributed by atoms with E-state index in [1.54, 1.807) is 18.0 Å². The Kier molecular flexibility index (Phi) is 3.86. The molecule has 92 valence electrons. The second-order valence-electron chi connectivity index (χ2n) is 4.07. The number of rotatable bonds is 3. The van der Waals surface area contributed by atoms with Crippen LogP contribution in [0.1, 0.15) is 6.42 Å². The molecule has 0 aliphatic carbocycles. The molecule has 1 aromatic heterocycles. The van der Waals surface area contributed by atoms with E-state index in [2.05, 4.69) is 15.3 Å². The summed E-state index contributed by atoms with van der Waals surface area (Å²) in [4.78, 5) is 8.23. The van der Waals surface area contributed by atoms with Gasteiger partial charge in [0.1, 0.15) is 5.82 Å². The monoisotopic (exact) mass is 252 g/mol. The number of aromatic nitrogens is 1. The van der Waals surface area contributed by atoms with Gasteiger partial charge in [0.15, 0.2) is 5.96 Å². The number of thioether (sulfide) groups is 1. The maximum atomic E-state index is 10.1. The summed E-state index contributed by atoms with van der Waals surface area (Å²) in [5, 5.41) is 13.0. The van der Waals surface area contributed by atoms with Crippen molar-refractivity contribution in [1.82, 2.24) is 4.98 Å². The zero-order valence-corrected chi connectivity index (χ0v) is 10.3. The second-order valence-corrected chi connectivity index (χ2v) is 5.17. The number of anilines is 1. The first-order valence-electron chi connectivity index (χ1n) is 5.46. The molecule has 1 aliphatic heterocycles. The van der Waals surface area contributed by atoms with Crippen molar-refractivity contribution in [2.45, 2.75) is 12.0 Å².